The molecule has 0 bridgehead atoms. The van der Waals surface area contributed by atoms with Gasteiger partial charge in [-0.25, -0.2) is 8.42 Å². The van der Waals surface area contributed by atoms with Crippen LogP contribution in [0.25, 0.3) is 0 Å². The van der Waals surface area contributed by atoms with Crippen molar-refractivity contribution in [1.29, 1.82) is 0 Å². The van der Waals surface area contributed by atoms with Gasteiger partial charge >= 0.3 is 0 Å². The Bertz CT molecular complexity index is 1270. The van der Waals surface area contributed by atoms with Gasteiger partial charge in [-0.1, -0.05) is 36.9 Å². The van der Waals surface area contributed by atoms with Gasteiger partial charge in [0, 0.05) is 17.3 Å². The number of sulfonamides is 1. The SMILES string of the molecule is C=CCOc1cccc(NC(=O)c2ccc(C)c(S(=O)(=O)Nc3cccc(C)c3C)c2)c1. The second-order valence-electron chi connectivity index (χ2n) is 7.41. The summed E-state index contributed by atoms with van der Waals surface area (Å²) in [5.41, 5.74) is 3.65. The van der Waals surface area contributed by atoms with Crippen molar-refractivity contribution in [3.8, 4) is 5.75 Å². The fourth-order valence-corrected chi connectivity index (χ4v) is 4.51. The van der Waals surface area contributed by atoms with Gasteiger partial charge < -0.3 is 10.1 Å². The van der Waals surface area contributed by atoms with Crippen LogP contribution in [0.15, 0.2) is 78.2 Å². The van der Waals surface area contributed by atoms with Crippen LogP contribution >= 0.6 is 0 Å². The molecule has 0 heterocycles. The maximum Gasteiger partial charge on any atom is 0.262 e. The van der Waals surface area contributed by atoms with Crippen LogP contribution in [0.3, 0.4) is 0 Å². The Morgan fingerprint density at radius 2 is 1.75 bits per heavy atom. The van der Waals surface area contributed by atoms with E-state index in [1.54, 1.807) is 61.5 Å². The van der Waals surface area contributed by atoms with Crippen molar-refractivity contribution in [3.63, 3.8) is 0 Å². The molecule has 166 valence electrons. The highest BCUT2D eigenvalue weighted by atomic mass is 32.2. The lowest BCUT2D eigenvalue weighted by atomic mass is 10.1. The topological polar surface area (TPSA) is 84.5 Å². The minimum atomic E-state index is -3.89. The van der Waals surface area contributed by atoms with Crippen LogP contribution in [0.2, 0.25) is 0 Å². The Kier molecular flexibility index (Phi) is 7.00. The largest absolute Gasteiger partial charge is 0.489 e. The highest BCUT2D eigenvalue weighted by Gasteiger charge is 2.20. The van der Waals surface area contributed by atoms with Crippen molar-refractivity contribution in [2.24, 2.45) is 0 Å². The summed E-state index contributed by atoms with van der Waals surface area (Å²) in [7, 11) is -3.89. The highest BCUT2D eigenvalue weighted by Crippen LogP contribution is 2.25. The Hall–Kier alpha value is -3.58. The minimum absolute atomic E-state index is 0.0501. The molecule has 0 saturated carbocycles. The smallest absolute Gasteiger partial charge is 0.262 e. The summed E-state index contributed by atoms with van der Waals surface area (Å²) in [6, 6.07) is 17.0. The standard InChI is InChI=1S/C25H26N2O4S/c1-5-14-31-22-10-7-9-21(16-22)26-25(28)20-13-12-18(3)24(15-20)32(29,30)27-23-11-6-8-17(2)19(23)4/h5-13,15-16,27H,1,14H2,2-4H3,(H,26,28). The average Bonchev–Trinajstić information content (AvgIpc) is 2.75. The maximum absolute atomic E-state index is 13.1. The van der Waals surface area contributed by atoms with Gasteiger partial charge in [0.25, 0.3) is 15.9 Å². The number of hydrogen-bond acceptors (Lipinski definition) is 4. The number of amides is 1. The van der Waals surface area contributed by atoms with E-state index in [2.05, 4.69) is 16.6 Å². The van der Waals surface area contributed by atoms with Crippen molar-refractivity contribution in [2.45, 2.75) is 25.7 Å². The first-order valence-corrected chi connectivity index (χ1v) is 11.5. The molecule has 0 unspecified atom stereocenters. The summed E-state index contributed by atoms with van der Waals surface area (Å²) >= 11 is 0. The third kappa shape index (κ3) is 5.36. The number of ether oxygens (including phenoxy) is 1. The molecule has 7 heteroatoms. The van der Waals surface area contributed by atoms with Crippen molar-refractivity contribution in [1.82, 2.24) is 0 Å². The zero-order chi connectivity index (χ0) is 23.3. The number of hydrogen-bond donors (Lipinski definition) is 2. The molecule has 0 atom stereocenters. The van der Waals surface area contributed by atoms with Gasteiger partial charge in [-0.15, -0.1) is 0 Å². The quantitative estimate of drug-likeness (QED) is 0.460. The lowest BCUT2D eigenvalue weighted by Crippen LogP contribution is -2.17. The summed E-state index contributed by atoms with van der Waals surface area (Å²) in [5.74, 6) is 0.168. The van der Waals surface area contributed by atoms with E-state index < -0.39 is 15.9 Å². The normalized spacial score (nSPS) is 11.0. The van der Waals surface area contributed by atoms with Crippen molar-refractivity contribution >= 4 is 27.3 Å². The van der Waals surface area contributed by atoms with Gasteiger partial charge in [-0.2, -0.15) is 0 Å². The lowest BCUT2D eigenvalue weighted by molar-refractivity contribution is 0.102. The molecule has 6 nitrogen and oxygen atoms in total. The molecule has 32 heavy (non-hydrogen) atoms. The number of nitrogens with one attached hydrogen (secondary N) is 2. The van der Waals surface area contributed by atoms with Gasteiger partial charge in [0.05, 0.1) is 10.6 Å². The van der Waals surface area contributed by atoms with Crippen LogP contribution in [-0.4, -0.2) is 20.9 Å². The molecule has 3 aromatic carbocycles. The van der Waals surface area contributed by atoms with E-state index >= 15 is 0 Å². The zero-order valence-electron chi connectivity index (χ0n) is 18.3. The van der Waals surface area contributed by atoms with Crippen LogP contribution in [0.4, 0.5) is 11.4 Å². The number of aryl methyl sites for hydroxylation is 2. The second kappa shape index (κ2) is 9.70. The molecule has 0 aromatic heterocycles. The predicted octanol–water partition coefficient (Wildman–Crippen LogP) is 5.23. The van der Waals surface area contributed by atoms with E-state index in [1.165, 1.54) is 6.07 Å². The van der Waals surface area contributed by atoms with Crippen molar-refractivity contribution in [3.05, 3.63) is 95.6 Å². The highest BCUT2D eigenvalue weighted by molar-refractivity contribution is 7.92. The summed E-state index contributed by atoms with van der Waals surface area (Å²) < 4.78 is 34.3. The molecule has 1 amide bonds. The van der Waals surface area contributed by atoms with Gasteiger partial charge in [-0.3, -0.25) is 9.52 Å². The van der Waals surface area contributed by atoms with Crippen LogP contribution < -0.4 is 14.8 Å². The zero-order valence-corrected chi connectivity index (χ0v) is 19.1. The Balaban J connectivity index is 1.85. The molecule has 0 aliphatic heterocycles. The summed E-state index contributed by atoms with van der Waals surface area (Å²) in [6.07, 6.45) is 1.63. The van der Waals surface area contributed by atoms with Gasteiger partial charge in [-0.05, 0) is 67.8 Å². The van der Waals surface area contributed by atoms with E-state index in [1.807, 2.05) is 19.9 Å². The predicted molar refractivity (Wildman–Crippen MR) is 128 cm³/mol. The third-order valence-electron chi connectivity index (χ3n) is 5.05. The van der Waals surface area contributed by atoms with Gasteiger partial charge in [0.15, 0.2) is 0 Å². The second-order valence-corrected chi connectivity index (χ2v) is 9.07. The first-order chi connectivity index (χ1) is 15.2. The first-order valence-electron chi connectivity index (χ1n) is 10.1. The maximum atomic E-state index is 13.1. The van der Waals surface area contributed by atoms with E-state index in [0.29, 0.717) is 29.3 Å². The van der Waals surface area contributed by atoms with Crippen LogP contribution in [0.5, 0.6) is 5.75 Å². The Morgan fingerprint density at radius 3 is 2.50 bits per heavy atom. The fourth-order valence-electron chi connectivity index (χ4n) is 3.11. The average molecular weight is 451 g/mol. The van der Waals surface area contributed by atoms with Gasteiger partial charge in [0.1, 0.15) is 12.4 Å². The van der Waals surface area contributed by atoms with Gasteiger partial charge in [0.2, 0.25) is 0 Å². The monoisotopic (exact) mass is 450 g/mol. The summed E-state index contributed by atoms with van der Waals surface area (Å²) in [4.78, 5) is 12.9. The molecule has 0 radical (unpaired) electrons. The van der Waals surface area contributed by atoms with E-state index in [0.717, 1.165) is 11.1 Å². The number of anilines is 2. The molecule has 0 aliphatic carbocycles. The fraction of sp³-hybridized carbons (Fsp3) is 0.160. The number of carbonyl (C=O) groups is 1. The Morgan fingerprint density at radius 1 is 1.00 bits per heavy atom. The third-order valence-corrected chi connectivity index (χ3v) is 6.56. The Labute approximate surface area is 189 Å². The van der Waals surface area contributed by atoms with E-state index in [4.69, 9.17) is 4.74 Å². The molecule has 3 aromatic rings. The molecule has 0 spiro atoms. The van der Waals surface area contributed by atoms with E-state index in [-0.39, 0.29) is 10.5 Å². The lowest BCUT2D eigenvalue weighted by Gasteiger charge is -2.15. The number of rotatable bonds is 8. The molecular formula is C25H26N2O4S. The first kappa shape index (κ1) is 23.1. The summed E-state index contributed by atoms with van der Waals surface area (Å²) in [6.45, 7) is 9.43. The van der Waals surface area contributed by atoms with Crippen LogP contribution in [-0.2, 0) is 10.0 Å². The van der Waals surface area contributed by atoms with Crippen LogP contribution in [0.1, 0.15) is 27.0 Å². The number of carbonyl (C=O) groups excluding carboxylic acids is 1. The molecule has 0 saturated heterocycles. The van der Waals surface area contributed by atoms with Crippen LogP contribution in [0, 0.1) is 20.8 Å². The number of benzene rings is 3. The molecule has 0 aliphatic rings. The molecular weight excluding hydrogens is 424 g/mol. The van der Waals surface area contributed by atoms with E-state index in [9.17, 15) is 13.2 Å². The van der Waals surface area contributed by atoms with Crippen molar-refractivity contribution < 1.29 is 17.9 Å². The molecule has 0 fully saturated rings. The van der Waals surface area contributed by atoms with Crippen molar-refractivity contribution in [2.75, 3.05) is 16.6 Å². The molecule has 2 N–H and O–H groups in total. The minimum Gasteiger partial charge on any atom is -0.489 e. The molecule has 3 rings (SSSR count). The summed E-state index contributed by atoms with van der Waals surface area (Å²) in [5, 5.41) is 2.78.